The molecule has 0 aromatic heterocycles. The fourth-order valence-corrected chi connectivity index (χ4v) is 1.71. The second kappa shape index (κ2) is 4.93. The van der Waals surface area contributed by atoms with Crippen LogP contribution in [0.5, 0.6) is 23.0 Å². The predicted molar refractivity (Wildman–Crippen MR) is 68.2 cm³/mol. The average molecular weight is 274 g/mol. The van der Waals surface area contributed by atoms with Crippen LogP contribution in [0.2, 0.25) is 0 Å². The summed E-state index contributed by atoms with van der Waals surface area (Å²) in [4.78, 5) is 23.9. The molecule has 6 heteroatoms. The first-order valence-corrected chi connectivity index (χ1v) is 5.52. The van der Waals surface area contributed by atoms with E-state index in [1.54, 1.807) is 0 Å². The van der Waals surface area contributed by atoms with E-state index in [0.29, 0.717) is 0 Å². The lowest BCUT2D eigenvalue weighted by Gasteiger charge is -2.04. The Bertz CT molecular complexity index is 603. The molecule has 0 fully saturated rings. The number of hydrogen-bond acceptors (Lipinski definition) is 6. The van der Waals surface area contributed by atoms with E-state index < -0.39 is 11.6 Å². The zero-order valence-corrected chi connectivity index (χ0v) is 10.1. The van der Waals surface area contributed by atoms with Crippen molar-refractivity contribution >= 4 is 11.6 Å². The summed E-state index contributed by atoms with van der Waals surface area (Å²) in [5.74, 6) is -3.41. The van der Waals surface area contributed by atoms with Gasteiger partial charge in [-0.25, -0.2) is 0 Å². The highest BCUT2D eigenvalue weighted by Gasteiger charge is 2.20. The van der Waals surface area contributed by atoms with Gasteiger partial charge in [-0.05, 0) is 24.3 Å². The summed E-state index contributed by atoms with van der Waals surface area (Å²) in [5, 5.41) is 37.1. The van der Waals surface area contributed by atoms with Gasteiger partial charge in [0, 0.05) is 23.3 Å². The maximum absolute atomic E-state index is 11.9. The number of phenolic OH excluding ortho intramolecular Hbond substituents is 4. The van der Waals surface area contributed by atoms with E-state index in [1.165, 1.54) is 0 Å². The Morgan fingerprint density at radius 3 is 1.05 bits per heavy atom. The first-order valence-electron chi connectivity index (χ1n) is 5.52. The van der Waals surface area contributed by atoms with E-state index in [4.69, 9.17) is 0 Å². The van der Waals surface area contributed by atoms with Crippen LogP contribution in [0.25, 0.3) is 0 Å². The maximum Gasteiger partial charge on any atom is 0.233 e. The lowest BCUT2D eigenvalue weighted by atomic mass is 10.0. The number of benzene rings is 2. The number of ketones is 2. The third-order valence-electron chi connectivity index (χ3n) is 2.54. The molecular weight excluding hydrogens is 264 g/mol. The molecule has 0 amide bonds. The number of carbonyl (C=O) groups excluding carboxylic acids is 2. The summed E-state index contributed by atoms with van der Waals surface area (Å²) in [5.41, 5.74) is -0.398. The molecule has 20 heavy (non-hydrogen) atoms. The van der Waals surface area contributed by atoms with E-state index >= 15 is 0 Å². The Balaban J connectivity index is 2.39. The van der Waals surface area contributed by atoms with E-state index in [0.717, 1.165) is 36.4 Å². The van der Waals surface area contributed by atoms with Gasteiger partial charge >= 0.3 is 0 Å². The Hall–Kier alpha value is -3.02. The van der Waals surface area contributed by atoms with Crippen molar-refractivity contribution in [3.8, 4) is 23.0 Å². The Labute approximate surface area is 113 Å². The van der Waals surface area contributed by atoms with Crippen LogP contribution in [-0.4, -0.2) is 32.0 Å². The Morgan fingerprint density at radius 1 is 0.550 bits per heavy atom. The molecule has 0 aliphatic heterocycles. The van der Waals surface area contributed by atoms with Gasteiger partial charge in [-0.2, -0.15) is 0 Å². The number of Topliss-reactive ketones (excluding diaryl/α,β-unsaturated/α-hetero) is 2. The molecule has 102 valence electrons. The SMILES string of the molecule is O=C(C(=O)c1cc(O)cc(O)c1)c1cc(O)cc(O)c1. The van der Waals surface area contributed by atoms with Crippen LogP contribution >= 0.6 is 0 Å². The molecule has 2 aromatic rings. The molecule has 0 bridgehead atoms. The molecule has 2 aromatic carbocycles. The molecule has 0 aliphatic carbocycles. The van der Waals surface area contributed by atoms with Gasteiger partial charge in [0.2, 0.25) is 11.6 Å². The minimum absolute atomic E-state index is 0.199. The molecule has 0 radical (unpaired) electrons. The second-order valence-electron chi connectivity index (χ2n) is 4.13. The van der Waals surface area contributed by atoms with Crippen LogP contribution in [0.15, 0.2) is 36.4 Å². The molecule has 0 saturated carbocycles. The topological polar surface area (TPSA) is 115 Å². The molecule has 6 nitrogen and oxygen atoms in total. The molecule has 0 atom stereocenters. The highest BCUT2D eigenvalue weighted by Crippen LogP contribution is 2.24. The summed E-state index contributed by atoms with van der Waals surface area (Å²) in [6.45, 7) is 0. The Morgan fingerprint density at radius 2 is 0.800 bits per heavy atom. The van der Waals surface area contributed by atoms with Crippen molar-refractivity contribution in [2.24, 2.45) is 0 Å². The van der Waals surface area contributed by atoms with E-state index in [9.17, 15) is 30.0 Å². The lowest BCUT2D eigenvalue weighted by Crippen LogP contribution is -2.14. The monoisotopic (exact) mass is 274 g/mol. The molecule has 2 rings (SSSR count). The molecule has 0 heterocycles. The van der Waals surface area contributed by atoms with Crippen molar-refractivity contribution in [2.75, 3.05) is 0 Å². The van der Waals surface area contributed by atoms with Gasteiger partial charge in [0.15, 0.2) is 0 Å². The number of rotatable bonds is 3. The van der Waals surface area contributed by atoms with Crippen LogP contribution in [0.4, 0.5) is 0 Å². The van der Waals surface area contributed by atoms with Crippen molar-refractivity contribution in [3.63, 3.8) is 0 Å². The standard InChI is InChI=1S/C14H10O6/c15-9-1-7(2-10(16)5-9)13(19)14(20)8-3-11(17)6-12(18)4-8/h1-6,15-18H. The first-order chi connectivity index (χ1) is 9.36. The zero-order chi connectivity index (χ0) is 14.9. The molecular formula is C14H10O6. The van der Waals surface area contributed by atoms with Crippen LogP contribution < -0.4 is 0 Å². The molecule has 0 spiro atoms. The summed E-state index contributed by atoms with van der Waals surface area (Å²) >= 11 is 0. The lowest BCUT2D eigenvalue weighted by molar-refractivity contribution is 0.0816. The Kier molecular flexibility index (Phi) is 3.30. The molecule has 0 aliphatic rings. The predicted octanol–water partition coefficient (Wildman–Crippen LogP) is 1.57. The normalized spacial score (nSPS) is 10.2. The fraction of sp³-hybridized carbons (Fsp3) is 0. The molecule has 0 saturated heterocycles. The van der Waals surface area contributed by atoms with Crippen molar-refractivity contribution in [1.82, 2.24) is 0 Å². The third-order valence-corrected chi connectivity index (χ3v) is 2.54. The van der Waals surface area contributed by atoms with Crippen molar-refractivity contribution in [1.29, 1.82) is 0 Å². The first kappa shape index (κ1) is 13.4. The van der Waals surface area contributed by atoms with E-state index in [-0.39, 0.29) is 34.1 Å². The summed E-state index contributed by atoms with van der Waals surface area (Å²) in [7, 11) is 0. The van der Waals surface area contributed by atoms with Gasteiger partial charge in [0.25, 0.3) is 0 Å². The van der Waals surface area contributed by atoms with Crippen molar-refractivity contribution in [3.05, 3.63) is 47.5 Å². The molecule has 4 N–H and O–H groups in total. The van der Waals surface area contributed by atoms with Gasteiger partial charge in [-0.1, -0.05) is 0 Å². The third kappa shape index (κ3) is 2.69. The largest absolute Gasteiger partial charge is 0.508 e. The van der Waals surface area contributed by atoms with Crippen LogP contribution in [0.1, 0.15) is 20.7 Å². The van der Waals surface area contributed by atoms with Gasteiger partial charge in [-0.3, -0.25) is 9.59 Å². The van der Waals surface area contributed by atoms with E-state index in [1.807, 2.05) is 0 Å². The van der Waals surface area contributed by atoms with Crippen LogP contribution in [0.3, 0.4) is 0 Å². The van der Waals surface area contributed by atoms with Crippen LogP contribution in [0, 0.1) is 0 Å². The van der Waals surface area contributed by atoms with Gasteiger partial charge in [0.1, 0.15) is 23.0 Å². The highest BCUT2D eigenvalue weighted by atomic mass is 16.3. The highest BCUT2D eigenvalue weighted by molar-refractivity contribution is 6.49. The average Bonchev–Trinajstić information content (AvgIpc) is 2.34. The van der Waals surface area contributed by atoms with Crippen molar-refractivity contribution in [2.45, 2.75) is 0 Å². The van der Waals surface area contributed by atoms with Crippen molar-refractivity contribution < 1.29 is 30.0 Å². The van der Waals surface area contributed by atoms with Gasteiger partial charge < -0.3 is 20.4 Å². The van der Waals surface area contributed by atoms with Crippen LogP contribution in [-0.2, 0) is 0 Å². The summed E-state index contributed by atoms with van der Waals surface area (Å²) < 4.78 is 0. The minimum atomic E-state index is -0.985. The van der Waals surface area contributed by atoms with Gasteiger partial charge in [-0.15, -0.1) is 0 Å². The summed E-state index contributed by atoms with van der Waals surface area (Å²) in [6.07, 6.45) is 0. The number of phenols is 4. The van der Waals surface area contributed by atoms with Gasteiger partial charge in [0.05, 0.1) is 0 Å². The number of carbonyl (C=O) groups is 2. The second-order valence-corrected chi connectivity index (χ2v) is 4.13. The quantitative estimate of drug-likeness (QED) is 0.499. The minimum Gasteiger partial charge on any atom is -0.508 e. The zero-order valence-electron chi connectivity index (χ0n) is 10.1. The smallest absolute Gasteiger partial charge is 0.233 e. The van der Waals surface area contributed by atoms with E-state index in [2.05, 4.69) is 0 Å². The fourth-order valence-electron chi connectivity index (χ4n) is 1.71. The molecule has 0 unspecified atom stereocenters. The number of hydrogen-bond donors (Lipinski definition) is 4. The summed E-state index contributed by atoms with van der Waals surface area (Å²) in [6, 6.07) is 6.15. The maximum atomic E-state index is 11.9. The number of aromatic hydroxyl groups is 4.